The lowest BCUT2D eigenvalue weighted by Gasteiger charge is -2.14. The van der Waals surface area contributed by atoms with Gasteiger partial charge in [0.25, 0.3) is 0 Å². The lowest BCUT2D eigenvalue weighted by molar-refractivity contribution is 0.380. The van der Waals surface area contributed by atoms with E-state index in [1.807, 2.05) is 60.7 Å². The highest BCUT2D eigenvalue weighted by Crippen LogP contribution is 2.35. The molecule has 0 bridgehead atoms. The maximum atomic E-state index is 5.40. The first-order valence-corrected chi connectivity index (χ1v) is 9.15. The van der Waals surface area contributed by atoms with Gasteiger partial charge in [-0.2, -0.15) is 9.97 Å². The lowest BCUT2D eigenvalue weighted by atomic mass is 9.97. The largest absolute Gasteiger partial charge is 0.467 e. The summed E-state index contributed by atoms with van der Waals surface area (Å²) in [4.78, 5) is 9.33. The van der Waals surface area contributed by atoms with Gasteiger partial charge in [0, 0.05) is 11.1 Å². The number of nitrogens with zero attached hydrogens (tertiary/aromatic N) is 2. The zero-order valence-electron chi connectivity index (χ0n) is 15.6. The number of benzene rings is 3. The van der Waals surface area contributed by atoms with Crippen LogP contribution in [0.5, 0.6) is 6.01 Å². The molecule has 4 rings (SSSR count). The van der Waals surface area contributed by atoms with E-state index >= 15 is 0 Å². The van der Waals surface area contributed by atoms with Crippen LogP contribution in [0.2, 0.25) is 0 Å². The molecular formula is C25H20N2O. The van der Waals surface area contributed by atoms with E-state index in [0.717, 1.165) is 33.6 Å². The van der Waals surface area contributed by atoms with Crippen LogP contribution in [0.3, 0.4) is 0 Å². The Balaban J connectivity index is 1.94. The molecule has 0 aliphatic rings. The van der Waals surface area contributed by atoms with E-state index in [9.17, 15) is 0 Å². The molecule has 0 radical (unpaired) electrons. The molecule has 0 atom stereocenters. The second-order valence-electron chi connectivity index (χ2n) is 6.30. The summed E-state index contributed by atoms with van der Waals surface area (Å²) in [5, 5.41) is 0. The molecule has 0 fully saturated rings. The van der Waals surface area contributed by atoms with Gasteiger partial charge in [0.15, 0.2) is 0 Å². The van der Waals surface area contributed by atoms with Gasteiger partial charge in [0.05, 0.1) is 18.5 Å². The lowest BCUT2D eigenvalue weighted by Crippen LogP contribution is -2.00. The minimum atomic E-state index is 0.353. The zero-order chi connectivity index (χ0) is 19.2. The fourth-order valence-corrected chi connectivity index (χ4v) is 3.10. The van der Waals surface area contributed by atoms with Crippen LogP contribution in [0, 0.1) is 0 Å². The predicted octanol–water partition coefficient (Wildman–Crippen LogP) is 5.99. The second-order valence-corrected chi connectivity index (χ2v) is 6.30. The first kappa shape index (κ1) is 17.7. The van der Waals surface area contributed by atoms with Crippen LogP contribution < -0.4 is 4.74 Å². The summed E-state index contributed by atoms with van der Waals surface area (Å²) in [6, 6.07) is 30.9. The van der Waals surface area contributed by atoms with Crippen molar-refractivity contribution in [3.8, 4) is 28.4 Å². The van der Waals surface area contributed by atoms with Crippen LogP contribution in [-0.2, 0) is 0 Å². The number of ether oxygens (including phenoxy) is 1. The molecule has 3 aromatic carbocycles. The molecule has 0 saturated carbocycles. The number of methoxy groups -OCH3 is 1. The summed E-state index contributed by atoms with van der Waals surface area (Å²) >= 11 is 0. The predicted molar refractivity (Wildman–Crippen MR) is 115 cm³/mol. The summed E-state index contributed by atoms with van der Waals surface area (Å²) in [6.45, 7) is 0. The Labute approximate surface area is 165 Å². The van der Waals surface area contributed by atoms with Crippen molar-refractivity contribution in [1.29, 1.82) is 0 Å². The third-order valence-electron chi connectivity index (χ3n) is 4.44. The maximum absolute atomic E-state index is 5.40. The van der Waals surface area contributed by atoms with Crippen LogP contribution in [0.15, 0.2) is 91.0 Å². The van der Waals surface area contributed by atoms with Gasteiger partial charge in [-0.05, 0) is 17.2 Å². The first-order chi connectivity index (χ1) is 13.8. The molecule has 0 amide bonds. The van der Waals surface area contributed by atoms with Gasteiger partial charge in [-0.3, -0.25) is 0 Å². The molecule has 136 valence electrons. The summed E-state index contributed by atoms with van der Waals surface area (Å²) in [5.41, 5.74) is 5.86. The fraction of sp³-hybridized carbons (Fsp3) is 0.0400. The molecule has 0 aliphatic heterocycles. The van der Waals surface area contributed by atoms with Gasteiger partial charge in [-0.1, -0.05) is 97.1 Å². The van der Waals surface area contributed by atoms with E-state index in [-0.39, 0.29) is 0 Å². The Kier molecular flexibility index (Phi) is 5.25. The number of hydrogen-bond acceptors (Lipinski definition) is 3. The summed E-state index contributed by atoms with van der Waals surface area (Å²) in [7, 11) is 1.59. The van der Waals surface area contributed by atoms with Crippen LogP contribution in [0.4, 0.5) is 0 Å². The zero-order valence-corrected chi connectivity index (χ0v) is 15.6. The van der Waals surface area contributed by atoms with Gasteiger partial charge >= 0.3 is 6.01 Å². The van der Waals surface area contributed by atoms with Gasteiger partial charge < -0.3 is 4.74 Å². The van der Waals surface area contributed by atoms with Gasteiger partial charge in [0.2, 0.25) is 0 Å². The minimum absolute atomic E-state index is 0.353. The highest BCUT2D eigenvalue weighted by atomic mass is 16.5. The Hall–Kier alpha value is -3.72. The second kappa shape index (κ2) is 8.31. The van der Waals surface area contributed by atoms with Crippen LogP contribution in [0.25, 0.3) is 34.5 Å². The van der Waals surface area contributed by atoms with E-state index in [4.69, 9.17) is 4.74 Å². The van der Waals surface area contributed by atoms with Gasteiger partial charge in [0.1, 0.15) is 0 Å². The standard InChI is InChI=1S/C25H20N2O/c1-28-25-26-22(18-17-19-11-5-2-6-12-19)23(20-13-7-3-8-14-20)24(27-25)21-15-9-4-10-16-21/h2-18H,1H3/b18-17+. The molecule has 28 heavy (non-hydrogen) atoms. The molecule has 1 aromatic heterocycles. The average molecular weight is 364 g/mol. The molecule has 0 spiro atoms. The number of aromatic nitrogens is 2. The topological polar surface area (TPSA) is 35.0 Å². The third kappa shape index (κ3) is 3.84. The van der Waals surface area contributed by atoms with Crippen molar-refractivity contribution in [3.05, 3.63) is 102 Å². The van der Waals surface area contributed by atoms with Crippen molar-refractivity contribution in [2.75, 3.05) is 7.11 Å². The summed E-state index contributed by atoms with van der Waals surface area (Å²) in [5.74, 6) is 0. The number of hydrogen-bond donors (Lipinski definition) is 0. The molecule has 1 heterocycles. The Morgan fingerprint density at radius 2 is 1.21 bits per heavy atom. The van der Waals surface area contributed by atoms with Crippen LogP contribution in [-0.4, -0.2) is 17.1 Å². The number of rotatable bonds is 5. The minimum Gasteiger partial charge on any atom is -0.467 e. The highest BCUT2D eigenvalue weighted by molar-refractivity contribution is 5.88. The van der Waals surface area contributed by atoms with E-state index < -0.39 is 0 Å². The van der Waals surface area contributed by atoms with Crippen molar-refractivity contribution in [2.24, 2.45) is 0 Å². The van der Waals surface area contributed by atoms with E-state index in [0.29, 0.717) is 6.01 Å². The smallest absolute Gasteiger partial charge is 0.317 e. The van der Waals surface area contributed by atoms with E-state index in [1.165, 1.54) is 0 Å². The van der Waals surface area contributed by atoms with E-state index in [1.54, 1.807) is 7.11 Å². The van der Waals surface area contributed by atoms with Gasteiger partial charge in [-0.25, -0.2) is 0 Å². The summed E-state index contributed by atoms with van der Waals surface area (Å²) in [6.07, 6.45) is 4.08. The first-order valence-electron chi connectivity index (χ1n) is 9.15. The van der Waals surface area contributed by atoms with Crippen molar-refractivity contribution in [1.82, 2.24) is 9.97 Å². The molecule has 4 aromatic rings. The highest BCUT2D eigenvalue weighted by Gasteiger charge is 2.16. The Morgan fingerprint density at radius 3 is 1.82 bits per heavy atom. The molecule has 0 aliphatic carbocycles. The Bertz CT molecular complexity index is 1080. The summed E-state index contributed by atoms with van der Waals surface area (Å²) < 4.78 is 5.40. The fourth-order valence-electron chi connectivity index (χ4n) is 3.10. The molecule has 0 saturated heterocycles. The molecule has 3 heteroatoms. The third-order valence-corrected chi connectivity index (χ3v) is 4.44. The maximum Gasteiger partial charge on any atom is 0.317 e. The van der Waals surface area contributed by atoms with Crippen molar-refractivity contribution < 1.29 is 4.74 Å². The van der Waals surface area contributed by atoms with Crippen molar-refractivity contribution in [3.63, 3.8) is 0 Å². The normalized spacial score (nSPS) is 10.9. The Morgan fingerprint density at radius 1 is 0.643 bits per heavy atom. The van der Waals surface area contributed by atoms with Gasteiger partial charge in [-0.15, -0.1) is 0 Å². The van der Waals surface area contributed by atoms with Crippen molar-refractivity contribution in [2.45, 2.75) is 0 Å². The van der Waals surface area contributed by atoms with Crippen LogP contribution >= 0.6 is 0 Å². The average Bonchev–Trinajstić information content (AvgIpc) is 2.79. The van der Waals surface area contributed by atoms with E-state index in [2.05, 4.69) is 52.4 Å². The molecule has 0 N–H and O–H groups in total. The molecule has 0 unspecified atom stereocenters. The quantitative estimate of drug-likeness (QED) is 0.436. The van der Waals surface area contributed by atoms with Crippen molar-refractivity contribution >= 4 is 12.2 Å². The SMILES string of the molecule is COc1nc(/C=C/c2ccccc2)c(-c2ccccc2)c(-c2ccccc2)n1. The van der Waals surface area contributed by atoms with Crippen LogP contribution in [0.1, 0.15) is 11.3 Å². The molecular weight excluding hydrogens is 344 g/mol. The monoisotopic (exact) mass is 364 g/mol. The molecule has 3 nitrogen and oxygen atoms in total.